The summed E-state index contributed by atoms with van der Waals surface area (Å²) in [5, 5.41) is 2.62. The minimum atomic E-state index is -3.56. The van der Waals surface area contributed by atoms with Crippen molar-refractivity contribution in [2.45, 2.75) is 6.92 Å². The standard InChI is InChI=1S/C15H17N3O3S/c1-12-5-7-14(8-6-12)18(22(2,20)21)11-15(19)17-13-4-3-9-16-10-13/h3-10H,11H2,1-2H3,(H,17,19). The lowest BCUT2D eigenvalue weighted by molar-refractivity contribution is -0.114. The van der Waals surface area contributed by atoms with E-state index in [4.69, 9.17) is 0 Å². The predicted octanol–water partition coefficient (Wildman–Crippen LogP) is 1.79. The number of amides is 1. The van der Waals surface area contributed by atoms with E-state index < -0.39 is 15.9 Å². The molecule has 0 aliphatic heterocycles. The first kappa shape index (κ1) is 16.0. The van der Waals surface area contributed by atoms with E-state index in [1.807, 2.05) is 6.92 Å². The van der Waals surface area contributed by atoms with Gasteiger partial charge in [0.05, 0.1) is 23.8 Å². The lowest BCUT2D eigenvalue weighted by Crippen LogP contribution is -2.37. The molecule has 2 aromatic rings. The van der Waals surface area contributed by atoms with Crippen molar-refractivity contribution in [1.82, 2.24) is 4.98 Å². The largest absolute Gasteiger partial charge is 0.323 e. The number of benzene rings is 1. The molecule has 1 amide bonds. The van der Waals surface area contributed by atoms with Crippen LogP contribution in [0.25, 0.3) is 0 Å². The van der Waals surface area contributed by atoms with Gasteiger partial charge in [-0.2, -0.15) is 0 Å². The topological polar surface area (TPSA) is 79.4 Å². The van der Waals surface area contributed by atoms with Gasteiger partial charge in [0.2, 0.25) is 15.9 Å². The minimum Gasteiger partial charge on any atom is -0.323 e. The van der Waals surface area contributed by atoms with E-state index in [0.29, 0.717) is 11.4 Å². The highest BCUT2D eigenvalue weighted by Crippen LogP contribution is 2.18. The third kappa shape index (κ3) is 4.29. The Kier molecular flexibility index (Phi) is 4.77. The van der Waals surface area contributed by atoms with E-state index >= 15 is 0 Å². The van der Waals surface area contributed by atoms with Gasteiger partial charge in [0.25, 0.3) is 0 Å². The van der Waals surface area contributed by atoms with E-state index in [1.54, 1.807) is 42.6 Å². The molecule has 2 rings (SSSR count). The third-order valence-corrected chi connectivity index (χ3v) is 4.10. The second-order valence-electron chi connectivity index (χ2n) is 4.90. The summed E-state index contributed by atoms with van der Waals surface area (Å²) in [5.74, 6) is -0.431. The van der Waals surface area contributed by atoms with Crippen LogP contribution in [0.15, 0.2) is 48.8 Å². The number of pyridine rings is 1. The lowest BCUT2D eigenvalue weighted by atomic mass is 10.2. The highest BCUT2D eigenvalue weighted by Gasteiger charge is 2.20. The zero-order valence-corrected chi connectivity index (χ0v) is 13.2. The number of sulfonamides is 1. The fourth-order valence-corrected chi connectivity index (χ4v) is 2.74. The first-order chi connectivity index (χ1) is 10.4. The van der Waals surface area contributed by atoms with Gasteiger partial charge >= 0.3 is 0 Å². The van der Waals surface area contributed by atoms with Crippen LogP contribution in [0, 0.1) is 6.92 Å². The monoisotopic (exact) mass is 319 g/mol. The van der Waals surface area contributed by atoms with Crippen molar-refractivity contribution in [1.29, 1.82) is 0 Å². The number of hydrogen-bond donors (Lipinski definition) is 1. The Balaban J connectivity index is 2.17. The number of aryl methyl sites for hydroxylation is 1. The number of nitrogens with zero attached hydrogens (tertiary/aromatic N) is 2. The van der Waals surface area contributed by atoms with Crippen molar-refractivity contribution >= 4 is 27.3 Å². The Labute approximate surface area is 129 Å². The van der Waals surface area contributed by atoms with E-state index in [-0.39, 0.29) is 6.54 Å². The number of rotatable bonds is 5. The molecule has 6 nitrogen and oxygen atoms in total. The summed E-state index contributed by atoms with van der Waals surface area (Å²) < 4.78 is 24.9. The molecule has 0 aliphatic rings. The van der Waals surface area contributed by atoms with Crippen molar-refractivity contribution in [3.05, 3.63) is 54.4 Å². The highest BCUT2D eigenvalue weighted by atomic mass is 32.2. The van der Waals surface area contributed by atoms with Crippen LogP contribution < -0.4 is 9.62 Å². The van der Waals surface area contributed by atoms with Crippen molar-refractivity contribution in [3.8, 4) is 0 Å². The number of hydrogen-bond acceptors (Lipinski definition) is 4. The lowest BCUT2D eigenvalue weighted by Gasteiger charge is -2.22. The molecule has 0 saturated heterocycles. The molecular formula is C15H17N3O3S. The van der Waals surface area contributed by atoms with Gasteiger partial charge in [-0.25, -0.2) is 8.42 Å². The smallest absolute Gasteiger partial charge is 0.245 e. The molecule has 0 unspecified atom stereocenters. The summed E-state index contributed by atoms with van der Waals surface area (Å²) in [5.41, 5.74) is 1.98. The predicted molar refractivity (Wildman–Crippen MR) is 86.2 cm³/mol. The Bertz CT molecular complexity index is 743. The molecule has 0 saturated carbocycles. The van der Waals surface area contributed by atoms with Gasteiger partial charge in [-0.15, -0.1) is 0 Å². The molecular weight excluding hydrogens is 302 g/mol. The summed E-state index contributed by atoms with van der Waals surface area (Å²) in [6.45, 7) is 1.61. The van der Waals surface area contributed by atoms with Gasteiger partial charge in [-0.1, -0.05) is 17.7 Å². The normalized spacial score (nSPS) is 11.0. The molecule has 116 valence electrons. The van der Waals surface area contributed by atoms with Crippen molar-refractivity contribution in [2.24, 2.45) is 0 Å². The SMILES string of the molecule is Cc1ccc(N(CC(=O)Nc2cccnc2)S(C)(=O)=O)cc1. The van der Waals surface area contributed by atoms with Gasteiger partial charge in [0.15, 0.2) is 0 Å². The molecule has 22 heavy (non-hydrogen) atoms. The number of aromatic nitrogens is 1. The molecule has 0 fully saturated rings. The fourth-order valence-electron chi connectivity index (χ4n) is 1.88. The van der Waals surface area contributed by atoms with Crippen LogP contribution in [0.4, 0.5) is 11.4 Å². The third-order valence-electron chi connectivity index (χ3n) is 2.95. The summed E-state index contributed by atoms with van der Waals surface area (Å²) in [4.78, 5) is 16.0. The quantitative estimate of drug-likeness (QED) is 0.911. The number of nitrogens with one attached hydrogen (secondary N) is 1. The first-order valence-electron chi connectivity index (χ1n) is 6.60. The maximum Gasteiger partial charge on any atom is 0.245 e. The van der Waals surface area contributed by atoms with Gasteiger partial charge in [0, 0.05) is 6.20 Å². The zero-order valence-electron chi connectivity index (χ0n) is 12.4. The Morgan fingerprint density at radius 2 is 1.91 bits per heavy atom. The van der Waals surface area contributed by atoms with Gasteiger partial charge in [0.1, 0.15) is 6.54 Å². The average molecular weight is 319 g/mol. The number of carbonyl (C=O) groups is 1. The molecule has 1 N–H and O–H groups in total. The molecule has 7 heteroatoms. The summed E-state index contributed by atoms with van der Waals surface area (Å²) in [6.07, 6.45) is 4.16. The van der Waals surface area contributed by atoms with Crippen LogP contribution in [0.3, 0.4) is 0 Å². The van der Waals surface area contributed by atoms with Crippen LogP contribution in [0.1, 0.15) is 5.56 Å². The molecule has 0 spiro atoms. The molecule has 0 radical (unpaired) electrons. The summed E-state index contributed by atoms with van der Waals surface area (Å²) in [7, 11) is -3.56. The van der Waals surface area contributed by atoms with E-state index in [9.17, 15) is 13.2 Å². The number of anilines is 2. The maximum atomic E-state index is 12.1. The Morgan fingerprint density at radius 3 is 2.45 bits per heavy atom. The minimum absolute atomic E-state index is 0.295. The van der Waals surface area contributed by atoms with Crippen molar-refractivity contribution < 1.29 is 13.2 Å². The van der Waals surface area contributed by atoms with E-state index in [0.717, 1.165) is 16.1 Å². The Morgan fingerprint density at radius 1 is 1.23 bits per heavy atom. The van der Waals surface area contributed by atoms with E-state index in [1.165, 1.54) is 6.20 Å². The van der Waals surface area contributed by atoms with Gasteiger partial charge < -0.3 is 5.32 Å². The van der Waals surface area contributed by atoms with Crippen LogP contribution >= 0.6 is 0 Å². The highest BCUT2D eigenvalue weighted by molar-refractivity contribution is 7.92. The van der Waals surface area contributed by atoms with Gasteiger partial charge in [-0.3, -0.25) is 14.1 Å². The van der Waals surface area contributed by atoms with Crippen LogP contribution in [-0.2, 0) is 14.8 Å². The molecule has 0 atom stereocenters. The van der Waals surface area contributed by atoms with Crippen LogP contribution in [-0.4, -0.2) is 32.1 Å². The van der Waals surface area contributed by atoms with Crippen molar-refractivity contribution in [2.75, 3.05) is 22.4 Å². The molecule has 1 aromatic heterocycles. The summed E-state index contributed by atoms with van der Waals surface area (Å²) in [6, 6.07) is 10.3. The zero-order chi connectivity index (χ0) is 16.2. The second-order valence-corrected chi connectivity index (χ2v) is 6.80. The molecule has 1 aromatic carbocycles. The van der Waals surface area contributed by atoms with E-state index in [2.05, 4.69) is 10.3 Å². The molecule has 0 aliphatic carbocycles. The Hall–Kier alpha value is -2.41. The molecule has 0 bridgehead atoms. The molecule has 1 heterocycles. The maximum absolute atomic E-state index is 12.1. The van der Waals surface area contributed by atoms with Crippen LogP contribution in [0.5, 0.6) is 0 Å². The van der Waals surface area contributed by atoms with Gasteiger partial charge in [-0.05, 0) is 31.2 Å². The van der Waals surface area contributed by atoms with Crippen LogP contribution in [0.2, 0.25) is 0 Å². The number of carbonyl (C=O) groups excluding carboxylic acids is 1. The summed E-state index contributed by atoms with van der Waals surface area (Å²) >= 11 is 0. The second kappa shape index (κ2) is 6.57. The average Bonchev–Trinajstić information content (AvgIpc) is 2.46. The first-order valence-corrected chi connectivity index (χ1v) is 8.45. The fraction of sp³-hybridized carbons (Fsp3) is 0.200. The van der Waals surface area contributed by atoms with Crippen molar-refractivity contribution in [3.63, 3.8) is 0 Å².